The van der Waals surface area contributed by atoms with Gasteiger partial charge in [0.15, 0.2) is 0 Å². The average Bonchev–Trinajstić information content (AvgIpc) is 2.27. The highest BCUT2D eigenvalue weighted by molar-refractivity contribution is 9.10. The van der Waals surface area contributed by atoms with Crippen LogP contribution in [-0.2, 0) is 9.53 Å². The van der Waals surface area contributed by atoms with Crippen LogP contribution in [0.3, 0.4) is 0 Å². The third kappa shape index (κ3) is 6.93. The van der Waals surface area contributed by atoms with Gasteiger partial charge >= 0.3 is 5.97 Å². The molecule has 15 heavy (non-hydrogen) atoms. The molecule has 0 aromatic carbocycles. The fourth-order valence-electron chi connectivity index (χ4n) is 1.36. The lowest BCUT2D eigenvalue weighted by atomic mass is 10.0. The van der Waals surface area contributed by atoms with E-state index in [0.29, 0.717) is 12.5 Å². The second-order valence-corrected chi connectivity index (χ2v) is 5.03. The van der Waals surface area contributed by atoms with Gasteiger partial charge in [-0.05, 0) is 18.8 Å². The van der Waals surface area contributed by atoms with Crippen molar-refractivity contribution in [1.82, 2.24) is 0 Å². The van der Waals surface area contributed by atoms with Crippen molar-refractivity contribution >= 4 is 21.9 Å². The van der Waals surface area contributed by atoms with Gasteiger partial charge in [0.25, 0.3) is 0 Å². The first kappa shape index (κ1) is 14.9. The van der Waals surface area contributed by atoms with Crippen molar-refractivity contribution in [2.75, 3.05) is 6.61 Å². The van der Waals surface area contributed by atoms with Gasteiger partial charge in [-0.15, -0.1) is 0 Å². The van der Waals surface area contributed by atoms with Crippen molar-refractivity contribution in [2.45, 2.75) is 57.7 Å². The zero-order chi connectivity index (χ0) is 11.7. The van der Waals surface area contributed by atoms with Crippen molar-refractivity contribution in [2.24, 2.45) is 5.92 Å². The summed E-state index contributed by atoms with van der Waals surface area (Å²) < 4.78 is 5.26. The van der Waals surface area contributed by atoms with Crippen LogP contribution in [0.1, 0.15) is 52.9 Å². The largest absolute Gasteiger partial charge is 0.465 e. The van der Waals surface area contributed by atoms with Crippen LogP contribution in [0, 0.1) is 5.92 Å². The van der Waals surface area contributed by atoms with Crippen molar-refractivity contribution < 1.29 is 9.53 Å². The summed E-state index contributed by atoms with van der Waals surface area (Å²) in [6, 6.07) is 0. The zero-order valence-electron chi connectivity index (χ0n) is 10.1. The average molecular weight is 279 g/mol. The van der Waals surface area contributed by atoms with Gasteiger partial charge in [0.1, 0.15) is 4.83 Å². The molecule has 0 N–H and O–H groups in total. The molecule has 0 heterocycles. The maximum absolute atomic E-state index is 11.4. The summed E-state index contributed by atoms with van der Waals surface area (Å²) in [5.74, 6) is 0.415. The van der Waals surface area contributed by atoms with Crippen molar-refractivity contribution in [3.8, 4) is 0 Å². The van der Waals surface area contributed by atoms with Crippen LogP contribution in [0.5, 0.6) is 0 Å². The molecule has 0 aliphatic rings. The molecular weight excluding hydrogens is 256 g/mol. The van der Waals surface area contributed by atoms with E-state index < -0.39 is 0 Å². The second kappa shape index (κ2) is 9.20. The first-order chi connectivity index (χ1) is 7.15. The summed E-state index contributed by atoms with van der Waals surface area (Å²) in [5, 5.41) is 0. The van der Waals surface area contributed by atoms with E-state index in [1.165, 1.54) is 19.3 Å². The zero-order valence-corrected chi connectivity index (χ0v) is 11.7. The summed E-state index contributed by atoms with van der Waals surface area (Å²) in [5.41, 5.74) is 0. The molecule has 0 aromatic heterocycles. The van der Waals surface area contributed by atoms with Crippen LogP contribution in [0.2, 0.25) is 0 Å². The van der Waals surface area contributed by atoms with E-state index in [2.05, 4.69) is 29.8 Å². The van der Waals surface area contributed by atoms with Crippen molar-refractivity contribution in [3.05, 3.63) is 0 Å². The highest BCUT2D eigenvalue weighted by atomic mass is 79.9. The fourth-order valence-corrected chi connectivity index (χ4v) is 1.49. The summed E-state index contributed by atoms with van der Waals surface area (Å²) in [7, 11) is 0. The third-order valence-corrected chi connectivity index (χ3v) is 3.64. The monoisotopic (exact) mass is 278 g/mol. The van der Waals surface area contributed by atoms with E-state index in [9.17, 15) is 4.79 Å². The highest BCUT2D eigenvalue weighted by Gasteiger charge is 2.15. The molecule has 0 rings (SSSR count). The van der Waals surface area contributed by atoms with E-state index in [-0.39, 0.29) is 10.8 Å². The number of hydrogen-bond acceptors (Lipinski definition) is 2. The van der Waals surface area contributed by atoms with Crippen LogP contribution in [0.4, 0.5) is 0 Å². The van der Waals surface area contributed by atoms with Crippen LogP contribution >= 0.6 is 15.9 Å². The number of hydrogen-bond donors (Lipinski definition) is 0. The number of esters is 1. The van der Waals surface area contributed by atoms with Gasteiger partial charge in [0, 0.05) is 0 Å². The number of rotatable bonds is 8. The molecule has 2 nitrogen and oxygen atoms in total. The Morgan fingerprint density at radius 3 is 2.40 bits per heavy atom. The van der Waals surface area contributed by atoms with E-state index in [1.807, 2.05) is 6.92 Å². The Bertz CT molecular complexity index is 171. The third-order valence-electron chi connectivity index (χ3n) is 2.62. The molecule has 0 bridgehead atoms. The molecule has 0 saturated carbocycles. The molecule has 0 fully saturated rings. The maximum atomic E-state index is 11.4. The topological polar surface area (TPSA) is 26.3 Å². The maximum Gasteiger partial charge on any atom is 0.319 e. The van der Waals surface area contributed by atoms with Gasteiger partial charge in [-0.25, -0.2) is 0 Å². The van der Waals surface area contributed by atoms with Crippen molar-refractivity contribution in [3.63, 3.8) is 0 Å². The second-order valence-electron chi connectivity index (χ2n) is 3.92. The quantitative estimate of drug-likeness (QED) is 0.497. The fraction of sp³-hybridized carbons (Fsp3) is 0.917. The Kier molecular flexibility index (Phi) is 9.17. The SMILES string of the molecule is CCCCC(CC)COC(=O)C(Br)CC. The van der Waals surface area contributed by atoms with E-state index in [4.69, 9.17) is 4.74 Å². The Hall–Kier alpha value is -0.0500. The molecule has 0 radical (unpaired) electrons. The molecule has 0 amide bonds. The van der Waals surface area contributed by atoms with Crippen LogP contribution in [0.25, 0.3) is 0 Å². The molecule has 0 aromatic rings. The first-order valence-corrected chi connectivity index (χ1v) is 6.87. The van der Waals surface area contributed by atoms with Gasteiger partial charge < -0.3 is 4.74 Å². The summed E-state index contributed by atoms with van der Waals surface area (Å²) in [6.45, 7) is 6.89. The normalized spacial score (nSPS) is 14.7. The van der Waals surface area contributed by atoms with E-state index in [0.717, 1.165) is 12.8 Å². The Labute approximate surface area is 102 Å². The Balaban J connectivity index is 3.74. The lowest BCUT2D eigenvalue weighted by Crippen LogP contribution is -2.20. The smallest absolute Gasteiger partial charge is 0.319 e. The molecule has 2 unspecified atom stereocenters. The van der Waals surface area contributed by atoms with E-state index >= 15 is 0 Å². The molecule has 2 atom stereocenters. The first-order valence-electron chi connectivity index (χ1n) is 5.96. The number of carbonyl (C=O) groups is 1. The molecule has 3 heteroatoms. The number of unbranched alkanes of at least 4 members (excludes halogenated alkanes) is 1. The predicted octanol–water partition coefficient (Wildman–Crippen LogP) is 3.92. The van der Waals surface area contributed by atoms with Gasteiger partial charge in [-0.3, -0.25) is 4.79 Å². The summed E-state index contributed by atoms with van der Waals surface area (Å²) in [4.78, 5) is 11.3. The molecule has 90 valence electrons. The molecule has 0 aliphatic carbocycles. The minimum Gasteiger partial charge on any atom is -0.465 e. The number of carbonyl (C=O) groups excluding carboxylic acids is 1. The van der Waals surface area contributed by atoms with Crippen LogP contribution < -0.4 is 0 Å². The number of alkyl halides is 1. The molecule has 0 saturated heterocycles. The lowest BCUT2D eigenvalue weighted by Gasteiger charge is -2.15. The Morgan fingerprint density at radius 1 is 1.27 bits per heavy atom. The van der Waals surface area contributed by atoms with Gasteiger partial charge in [-0.1, -0.05) is 56.0 Å². The molecule has 0 aliphatic heterocycles. The van der Waals surface area contributed by atoms with Crippen molar-refractivity contribution in [1.29, 1.82) is 0 Å². The standard InChI is InChI=1S/C12H23BrO2/c1-4-7-8-10(5-2)9-15-12(14)11(13)6-3/h10-11H,4-9H2,1-3H3. The van der Waals surface area contributed by atoms with Crippen LogP contribution in [0.15, 0.2) is 0 Å². The minimum absolute atomic E-state index is 0.118. The van der Waals surface area contributed by atoms with Crippen LogP contribution in [-0.4, -0.2) is 17.4 Å². The minimum atomic E-state index is -0.138. The van der Waals surface area contributed by atoms with Gasteiger partial charge in [0.2, 0.25) is 0 Å². The lowest BCUT2D eigenvalue weighted by molar-refractivity contribution is -0.144. The van der Waals surface area contributed by atoms with Gasteiger partial charge in [0.05, 0.1) is 6.61 Å². The molecular formula is C12H23BrO2. The number of ether oxygens (including phenoxy) is 1. The summed E-state index contributed by atoms with van der Waals surface area (Å²) >= 11 is 3.29. The summed E-state index contributed by atoms with van der Waals surface area (Å²) in [6.07, 6.45) is 5.47. The van der Waals surface area contributed by atoms with Gasteiger partial charge in [-0.2, -0.15) is 0 Å². The predicted molar refractivity (Wildman–Crippen MR) is 67.3 cm³/mol. The van der Waals surface area contributed by atoms with E-state index in [1.54, 1.807) is 0 Å². The number of halogens is 1. The highest BCUT2D eigenvalue weighted by Crippen LogP contribution is 2.14. The molecule has 0 spiro atoms. The Morgan fingerprint density at radius 2 is 1.93 bits per heavy atom.